The standard InChI is InChI=1S/C13H14ClN3O/c1-10-12(14)5-3-6-13(10)17(11(2)18)9-16-8-4-7-15-16/h3-8H,9H2,1-2H3. The van der Waals surface area contributed by atoms with Crippen LogP contribution in [-0.4, -0.2) is 15.7 Å². The van der Waals surface area contributed by atoms with Crippen LogP contribution in [0.25, 0.3) is 0 Å². The van der Waals surface area contributed by atoms with Gasteiger partial charge in [0.25, 0.3) is 0 Å². The minimum absolute atomic E-state index is 0.0455. The molecule has 0 N–H and O–H groups in total. The van der Waals surface area contributed by atoms with Crippen molar-refractivity contribution in [2.45, 2.75) is 20.5 Å². The fourth-order valence-electron chi connectivity index (χ4n) is 1.76. The highest BCUT2D eigenvalue weighted by atomic mass is 35.5. The molecule has 1 amide bonds. The first-order chi connectivity index (χ1) is 8.59. The fraction of sp³-hybridized carbons (Fsp3) is 0.231. The van der Waals surface area contributed by atoms with Crippen molar-refractivity contribution < 1.29 is 4.79 Å². The molecule has 0 aliphatic rings. The maximum atomic E-state index is 11.8. The van der Waals surface area contributed by atoms with Crippen LogP contribution in [0.5, 0.6) is 0 Å². The molecule has 0 spiro atoms. The molecule has 18 heavy (non-hydrogen) atoms. The Morgan fingerprint density at radius 2 is 2.22 bits per heavy atom. The summed E-state index contributed by atoms with van der Waals surface area (Å²) in [7, 11) is 0. The molecule has 4 nitrogen and oxygen atoms in total. The fourth-order valence-corrected chi connectivity index (χ4v) is 1.93. The van der Waals surface area contributed by atoms with Gasteiger partial charge < -0.3 is 0 Å². The van der Waals surface area contributed by atoms with E-state index in [0.717, 1.165) is 11.3 Å². The zero-order valence-corrected chi connectivity index (χ0v) is 11.1. The summed E-state index contributed by atoms with van der Waals surface area (Å²) >= 11 is 6.08. The zero-order valence-electron chi connectivity index (χ0n) is 10.3. The maximum absolute atomic E-state index is 11.8. The van der Waals surface area contributed by atoms with E-state index in [1.807, 2.05) is 37.4 Å². The summed E-state index contributed by atoms with van der Waals surface area (Å²) in [6, 6.07) is 7.35. The molecular weight excluding hydrogens is 250 g/mol. The molecule has 2 rings (SSSR count). The van der Waals surface area contributed by atoms with Gasteiger partial charge in [-0.1, -0.05) is 17.7 Å². The summed E-state index contributed by atoms with van der Waals surface area (Å²) in [5.41, 5.74) is 1.70. The third-order valence-electron chi connectivity index (χ3n) is 2.76. The average Bonchev–Trinajstić information content (AvgIpc) is 2.83. The van der Waals surface area contributed by atoms with E-state index in [-0.39, 0.29) is 5.91 Å². The van der Waals surface area contributed by atoms with Crippen molar-refractivity contribution in [1.82, 2.24) is 9.78 Å². The minimum Gasteiger partial charge on any atom is -0.292 e. The molecule has 1 heterocycles. The molecular formula is C13H14ClN3O. The van der Waals surface area contributed by atoms with Crippen LogP contribution in [0.2, 0.25) is 5.02 Å². The monoisotopic (exact) mass is 263 g/mol. The maximum Gasteiger partial charge on any atom is 0.225 e. The van der Waals surface area contributed by atoms with Crippen molar-refractivity contribution in [2.75, 3.05) is 4.90 Å². The third-order valence-corrected chi connectivity index (χ3v) is 3.16. The molecule has 0 saturated heterocycles. The summed E-state index contributed by atoms with van der Waals surface area (Å²) < 4.78 is 1.70. The Balaban J connectivity index is 2.36. The van der Waals surface area contributed by atoms with Gasteiger partial charge in [0.2, 0.25) is 5.91 Å². The Labute approximate surface area is 111 Å². The molecule has 0 fully saturated rings. The van der Waals surface area contributed by atoms with Crippen molar-refractivity contribution in [3.05, 3.63) is 47.2 Å². The molecule has 0 bridgehead atoms. The van der Waals surface area contributed by atoms with Gasteiger partial charge in [-0.05, 0) is 30.7 Å². The van der Waals surface area contributed by atoms with Crippen molar-refractivity contribution in [2.24, 2.45) is 0 Å². The molecule has 0 aliphatic heterocycles. The molecule has 0 aliphatic carbocycles. The number of anilines is 1. The molecule has 0 saturated carbocycles. The molecule has 0 atom stereocenters. The van der Waals surface area contributed by atoms with E-state index < -0.39 is 0 Å². The Morgan fingerprint density at radius 1 is 1.44 bits per heavy atom. The lowest BCUT2D eigenvalue weighted by Gasteiger charge is -2.23. The summed E-state index contributed by atoms with van der Waals surface area (Å²) in [6.45, 7) is 3.81. The molecule has 1 aromatic carbocycles. The first-order valence-corrected chi connectivity index (χ1v) is 5.98. The summed E-state index contributed by atoms with van der Waals surface area (Å²) in [6.07, 6.45) is 3.50. The molecule has 5 heteroatoms. The second-order valence-electron chi connectivity index (χ2n) is 4.02. The molecule has 2 aromatic rings. The van der Waals surface area contributed by atoms with Crippen LogP contribution in [0.4, 0.5) is 5.69 Å². The van der Waals surface area contributed by atoms with E-state index >= 15 is 0 Å². The van der Waals surface area contributed by atoms with Crippen LogP contribution in [0.3, 0.4) is 0 Å². The Hall–Kier alpha value is -1.81. The Morgan fingerprint density at radius 3 is 2.83 bits per heavy atom. The van der Waals surface area contributed by atoms with Gasteiger partial charge in [0, 0.05) is 30.0 Å². The number of benzene rings is 1. The van der Waals surface area contributed by atoms with E-state index in [9.17, 15) is 4.79 Å². The summed E-state index contributed by atoms with van der Waals surface area (Å²) in [5.74, 6) is -0.0455. The summed E-state index contributed by atoms with van der Waals surface area (Å²) in [5, 5.41) is 4.76. The number of amides is 1. The van der Waals surface area contributed by atoms with Gasteiger partial charge in [-0.2, -0.15) is 5.10 Å². The first-order valence-electron chi connectivity index (χ1n) is 5.60. The highest BCUT2D eigenvalue weighted by Crippen LogP contribution is 2.26. The highest BCUT2D eigenvalue weighted by Gasteiger charge is 2.15. The number of hydrogen-bond donors (Lipinski definition) is 0. The molecule has 1 aromatic heterocycles. The Bertz CT molecular complexity index is 551. The lowest BCUT2D eigenvalue weighted by Crippen LogP contribution is -2.31. The van der Waals surface area contributed by atoms with E-state index in [1.54, 1.807) is 15.8 Å². The number of hydrogen-bond acceptors (Lipinski definition) is 2. The van der Waals surface area contributed by atoms with Crippen molar-refractivity contribution in [3.8, 4) is 0 Å². The van der Waals surface area contributed by atoms with Crippen molar-refractivity contribution in [1.29, 1.82) is 0 Å². The van der Waals surface area contributed by atoms with Crippen LogP contribution < -0.4 is 4.90 Å². The zero-order chi connectivity index (χ0) is 13.1. The number of carbonyl (C=O) groups is 1. The number of carbonyl (C=O) groups excluding carboxylic acids is 1. The second kappa shape index (κ2) is 5.23. The largest absolute Gasteiger partial charge is 0.292 e. The first kappa shape index (κ1) is 12.6. The molecule has 94 valence electrons. The van der Waals surface area contributed by atoms with E-state index in [0.29, 0.717) is 11.7 Å². The van der Waals surface area contributed by atoms with Gasteiger partial charge >= 0.3 is 0 Å². The van der Waals surface area contributed by atoms with Crippen molar-refractivity contribution in [3.63, 3.8) is 0 Å². The average molecular weight is 264 g/mol. The number of halogens is 1. The number of rotatable bonds is 3. The van der Waals surface area contributed by atoms with E-state index in [4.69, 9.17) is 11.6 Å². The predicted octanol–water partition coefficient (Wildman–Crippen LogP) is 2.86. The highest BCUT2D eigenvalue weighted by molar-refractivity contribution is 6.31. The third kappa shape index (κ3) is 2.54. The SMILES string of the molecule is CC(=O)N(Cn1cccn1)c1cccc(Cl)c1C. The van der Waals surface area contributed by atoms with Crippen LogP contribution in [0, 0.1) is 6.92 Å². The normalized spacial score (nSPS) is 10.4. The van der Waals surface area contributed by atoms with Gasteiger partial charge in [-0.15, -0.1) is 0 Å². The van der Waals surface area contributed by atoms with Gasteiger partial charge in [-0.3, -0.25) is 14.4 Å². The number of aromatic nitrogens is 2. The molecule has 0 radical (unpaired) electrons. The minimum atomic E-state index is -0.0455. The van der Waals surface area contributed by atoms with Gasteiger partial charge in [0.1, 0.15) is 6.67 Å². The lowest BCUT2D eigenvalue weighted by molar-refractivity contribution is -0.117. The predicted molar refractivity (Wildman–Crippen MR) is 71.6 cm³/mol. The van der Waals surface area contributed by atoms with Gasteiger partial charge in [-0.25, -0.2) is 0 Å². The topological polar surface area (TPSA) is 38.1 Å². The quantitative estimate of drug-likeness (QED) is 0.854. The number of nitrogens with zero attached hydrogens (tertiary/aromatic N) is 3. The van der Waals surface area contributed by atoms with Gasteiger partial charge in [0.05, 0.1) is 0 Å². The lowest BCUT2D eigenvalue weighted by atomic mass is 10.2. The van der Waals surface area contributed by atoms with Crippen LogP contribution in [0.15, 0.2) is 36.7 Å². The van der Waals surface area contributed by atoms with Crippen LogP contribution >= 0.6 is 11.6 Å². The van der Waals surface area contributed by atoms with Crippen LogP contribution in [-0.2, 0) is 11.5 Å². The second-order valence-corrected chi connectivity index (χ2v) is 4.43. The Kier molecular flexibility index (Phi) is 3.67. The van der Waals surface area contributed by atoms with Crippen LogP contribution in [0.1, 0.15) is 12.5 Å². The van der Waals surface area contributed by atoms with E-state index in [2.05, 4.69) is 5.10 Å². The van der Waals surface area contributed by atoms with Crippen molar-refractivity contribution >= 4 is 23.2 Å². The summed E-state index contributed by atoms with van der Waals surface area (Å²) in [4.78, 5) is 13.4. The van der Waals surface area contributed by atoms with Gasteiger partial charge in [0.15, 0.2) is 0 Å². The molecule has 0 unspecified atom stereocenters. The van der Waals surface area contributed by atoms with E-state index in [1.165, 1.54) is 6.92 Å². The smallest absolute Gasteiger partial charge is 0.225 e.